The molecule has 8 nitrogen and oxygen atoms in total. The van der Waals surface area contributed by atoms with E-state index in [1.807, 2.05) is 0 Å². The van der Waals surface area contributed by atoms with E-state index in [1.165, 1.54) is 14.0 Å². The average Bonchev–Trinajstić information content (AvgIpc) is 3.29. The van der Waals surface area contributed by atoms with Gasteiger partial charge in [0.05, 0.1) is 12.8 Å². The Morgan fingerprint density at radius 2 is 1.89 bits per heavy atom. The summed E-state index contributed by atoms with van der Waals surface area (Å²) < 4.78 is 38.0. The van der Waals surface area contributed by atoms with Crippen LogP contribution in [0.1, 0.15) is 37.1 Å². The second-order valence-electron chi connectivity index (χ2n) is 6.91. The Morgan fingerprint density at radius 1 is 1.25 bits per heavy atom. The largest absolute Gasteiger partial charge is 0.497 e. The maximum Gasteiger partial charge on any atom is 0.270 e. The van der Waals surface area contributed by atoms with Crippen molar-refractivity contribution in [1.29, 1.82) is 0 Å². The summed E-state index contributed by atoms with van der Waals surface area (Å²) >= 11 is 0. The minimum atomic E-state index is -4.04. The van der Waals surface area contributed by atoms with Gasteiger partial charge in [-0.05, 0) is 51.0 Å². The minimum absolute atomic E-state index is 0.0167. The van der Waals surface area contributed by atoms with Gasteiger partial charge >= 0.3 is 0 Å². The molecule has 1 fully saturated rings. The van der Waals surface area contributed by atoms with Gasteiger partial charge in [-0.1, -0.05) is 18.0 Å². The van der Waals surface area contributed by atoms with E-state index in [1.54, 1.807) is 31.2 Å². The lowest BCUT2D eigenvalue weighted by Crippen LogP contribution is -2.43. The Hall–Kier alpha value is -2.55. The highest BCUT2D eigenvalue weighted by atomic mass is 32.2. The van der Waals surface area contributed by atoms with Crippen LogP contribution in [0.2, 0.25) is 0 Å². The predicted molar refractivity (Wildman–Crippen MR) is 104 cm³/mol. The lowest BCUT2D eigenvalue weighted by Gasteiger charge is -2.25. The Kier molecular flexibility index (Phi) is 5.93. The Bertz CT molecular complexity index is 911. The number of sulfonamides is 1. The van der Waals surface area contributed by atoms with Crippen LogP contribution in [0.4, 0.5) is 5.69 Å². The first-order valence-corrected chi connectivity index (χ1v) is 10.7. The highest BCUT2D eigenvalue weighted by molar-refractivity contribution is 7.93. The van der Waals surface area contributed by atoms with Crippen LogP contribution in [0, 0.1) is 13.8 Å². The number of amides is 1. The molecule has 1 aliphatic carbocycles. The summed E-state index contributed by atoms with van der Waals surface area (Å²) in [6, 6.07) is 6.63. The topological polar surface area (TPSA) is 102 Å². The maximum atomic E-state index is 13.4. The molecule has 0 aliphatic heterocycles. The lowest BCUT2D eigenvalue weighted by atomic mass is 10.2. The van der Waals surface area contributed by atoms with Gasteiger partial charge in [0.1, 0.15) is 18.0 Å². The molecule has 0 bridgehead atoms. The van der Waals surface area contributed by atoms with Gasteiger partial charge in [-0.3, -0.25) is 9.10 Å². The number of nitrogens with zero attached hydrogens (tertiary/aromatic N) is 2. The molecule has 1 heterocycles. The third-order valence-corrected chi connectivity index (χ3v) is 6.90. The number of methoxy groups -OCH3 is 1. The van der Waals surface area contributed by atoms with Crippen molar-refractivity contribution in [1.82, 2.24) is 10.5 Å². The number of carbonyl (C=O) groups excluding carboxylic acids is 1. The summed E-state index contributed by atoms with van der Waals surface area (Å²) in [6.07, 6.45) is 3.99. The third kappa shape index (κ3) is 4.14. The van der Waals surface area contributed by atoms with Crippen molar-refractivity contribution in [3.63, 3.8) is 0 Å². The smallest absolute Gasteiger partial charge is 0.270 e. The fraction of sp³-hybridized carbons (Fsp3) is 0.474. The number of carbonyl (C=O) groups is 1. The zero-order valence-electron chi connectivity index (χ0n) is 16.3. The van der Waals surface area contributed by atoms with Gasteiger partial charge in [-0.25, -0.2) is 8.42 Å². The van der Waals surface area contributed by atoms with Gasteiger partial charge in [-0.15, -0.1) is 0 Å². The Morgan fingerprint density at radius 3 is 2.43 bits per heavy atom. The maximum absolute atomic E-state index is 13.4. The number of nitrogens with one attached hydrogen (secondary N) is 1. The zero-order chi connectivity index (χ0) is 20.3. The van der Waals surface area contributed by atoms with Gasteiger partial charge in [-0.2, -0.15) is 0 Å². The average molecular weight is 407 g/mol. The van der Waals surface area contributed by atoms with E-state index >= 15 is 0 Å². The van der Waals surface area contributed by atoms with E-state index in [-0.39, 0.29) is 34.8 Å². The number of anilines is 1. The highest BCUT2D eigenvalue weighted by Gasteiger charge is 2.33. The number of hydrogen-bond donors (Lipinski definition) is 1. The first kappa shape index (κ1) is 20.2. The molecular formula is C19H25N3O5S. The van der Waals surface area contributed by atoms with E-state index < -0.39 is 10.0 Å². The molecule has 1 aliphatic rings. The summed E-state index contributed by atoms with van der Waals surface area (Å²) in [5, 5.41) is 6.69. The lowest BCUT2D eigenvalue weighted by molar-refractivity contribution is -0.120. The Balaban J connectivity index is 1.94. The molecule has 28 heavy (non-hydrogen) atoms. The number of aryl methyl sites for hydroxylation is 2. The molecule has 0 saturated heterocycles. The van der Waals surface area contributed by atoms with Crippen LogP contribution < -0.4 is 14.4 Å². The van der Waals surface area contributed by atoms with Gasteiger partial charge in [0.15, 0.2) is 10.7 Å². The normalized spacial score (nSPS) is 14.8. The predicted octanol–water partition coefficient (Wildman–Crippen LogP) is 2.55. The summed E-state index contributed by atoms with van der Waals surface area (Å²) in [4.78, 5) is 12.6. The number of rotatable bonds is 7. The second-order valence-corrected chi connectivity index (χ2v) is 8.71. The third-order valence-electron chi connectivity index (χ3n) is 4.88. The van der Waals surface area contributed by atoms with Crippen molar-refractivity contribution in [2.24, 2.45) is 0 Å². The number of aromatic nitrogens is 1. The van der Waals surface area contributed by atoms with Crippen molar-refractivity contribution in [3.05, 3.63) is 35.7 Å². The van der Waals surface area contributed by atoms with Crippen LogP contribution in [0.25, 0.3) is 0 Å². The number of hydrogen-bond acceptors (Lipinski definition) is 6. The van der Waals surface area contributed by atoms with E-state index in [0.717, 1.165) is 30.0 Å². The molecule has 1 amide bonds. The molecule has 1 saturated carbocycles. The quantitative estimate of drug-likeness (QED) is 0.757. The first-order valence-electron chi connectivity index (χ1n) is 9.22. The zero-order valence-corrected chi connectivity index (χ0v) is 17.1. The molecule has 0 unspecified atom stereocenters. The van der Waals surface area contributed by atoms with Crippen LogP contribution >= 0.6 is 0 Å². The molecule has 0 radical (unpaired) electrons. The van der Waals surface area contributed by atoms with Crippen LogP contribution in [0.15, 0.2) is 33.7 Å². The molecule has 3 rings (SSSR count). The van der Waals surface area contributed by atoms with Crippen molar-refractivity contribution in [2.75, 3.05) is 18.0 Å². The van der Waals surface area contributed by atoms with Gasteiger partial charge < -0.3 is 14.6 Å². The standard InChI is InChI=1S/C19H25N3O5S/c1-13-19(14(2)27-21-13)28(24,25)22(16-8-10-17(26-3)11-9-16)12-18(23)20-15-6-4-5-7-15/h8-11,15H,4-7,12H2,1-3H3,(H,20,23). The number of ether oxygens (including phenoxy) is 1. The highest BCUT2D eigenvalue weighted by Crippen LogP contribution is 2.29. The summed E-state index contributed by atoms with van der Waals surface area (Å²) in [6.45, 7) is 2.78. The molecule has 0 atom stereocenters. The molecule has 1 N–H and O–H groups in total. The monoisotopic (exact) mass is 407 g/mol. The van der Waals surface area contributed by atoms with Crippen molar-refractivity contribution in [3.8, 4) is 5.75 Å². The fourth-order valence-electron chi connectivity index (χ4n) is 3.49. The first-order chi connectivity index (χ1) is 13.3. The van der Waals surface area contributed by atoms with Crippen LogP contribution in [0.3, 0.4) is 0 Å². The van der Waals surface area contributed by atoms with Crippen molar-refractivity contribution in [2.45, 2.75) is 50.5 Å². The van der Waals surface area contributed by atoms with E-state index in [9.17, 15) is 13.2 Å². The molecule has 152 valence electrons. The minimum Gasteiger partial charge on any atom is -0.497 e. The molecule has 1 aromatic carbocycles. The molecule has 9 heteroatoms. The van der Waals surface area contributed by atoms with E-state index in [2.05, 4.69) is 10.5 Å². The van der Waals surface area contributed by atoms with E-state index in [4.69, 9.17) is 9.26 Å². The van der Waals surface area contributed by atoms with Gasteiger partial charge in [0, 0.05) is 6.04 Å². The summed E-state index contributed by atoms with van der Waals surface area (Å²) in [7, 11) is -2.51. The van der Waals surface area contributed by atoms with Crippen molar-refractivity contribution >= 4 is 21.6 Å². The second kappa shape index (κ2) is 8.22. The molecular weight excluding hydrogens is 382 g/mol. The Labute approximate surface area is 164 Å². The molecule has 1 aromatic heterocycles. The van der Waals surface area contributed by atoms with Crippen LogP contribution in [0.5, 0.6) is 5.75 Å². The molecule has 2 aromatic rings. The van der Waals surface area contributed by atoms with Gasteiger partial charge in [0.2, 0.25) is 5.91 Å². The fourth-order valence-corrected chi connectivity index (χ4v) is 5.21. The number of benzene rings is 1. The van der Waals surface area contributed by atoms with Crippen molar-refractivity contribution < 1.29 is 22.5 Å². The summed E-state index contributed by atoms with van der Waals surface area (Å²) in [5.74, 6) is 0.444. The summed E-state index contributed by atoms with van der Waals surface area (Å²) in [5.41, 5.74) is 0.620. The SMILES string of the molecule is COc1ccc(N(CC(=O)NC2CCCC2)S(=O)(=O)c2c(C)noc2C)cc1. The molecule has 0 spiro atoms. The van der Waals surface area contributed by atoms with Crippen LogP contribution in [-0.2, 0) is 14.8 Å². The van der Waals surface area contributed by atoms with Crippen LogP contribution in [-0.4, -0.2) is 39.2 Å². The van der Waals surface area contributed by atoms with E-state index in [0.29, 0.717) is 11.4 Å². The van der Waals surface area contributed by atoms with Gasteiger partial charge in [0.25, 0.3) is 10.0 Å².